The molecule has 10 heteroatoms. The smallest absolute Gasteiger partial charge is 0.229 e. The van der Waals surface area contributed by atoms with E-state index < -0.39 is 0 Å². The van der Waals surface area contributed by atoms with Crippen molar-refractivity contribution >= 4 is 23.7 Å². The maximum Gasteiger partial charge on any atom is 0.229 e. The molecule has 2 aromatic heterocycles. The minimum Gasteiger partial charge on any atom is -0.368 e. The van der Waals surface area contributed by atoms with Crippen LogP contribution in [0.5, 0.6) is 0 Å². The van der Waals surface area contributed by atoms with E-state index in [0.29, 0.717) is 28.3 Å². The number of hydrogen-bond donors (Lipinski definition) is 1. The zero-order valence-electron chi connectivity index (χ0n) is 14.9. The number of nitrogens with two attached hydrogens (primary N) is 1. The molecule has 0 aliphatic rings. The Hall–Kier alpha value is -2.75. The summed E-state index contributed by atoms with van der Waals surface area (Å²) >= 11 is 1.41. The van der Waals surface area contributed by atoms with Crippen LogP contribution < -0.4 is 10.6 Å². The van der Waals surface area contributed by atoms with Gasteiger partial charge in [0.2, 0.25) is 11.9 Å². The van der Waals surface area contributed by atoms with Crippen molar-refractivity contribution in [2.75, 3.05) is 24.7 Å². The minimum absolute atomic E-state index is 0.143. The van der Waals surface area contributed by atoms with Gasteiger partial charge in [-0.2, -0.15) is 15.0 Å². The van der Waals surface area contributed by atoms with Crippen molar-refractivity contribution < 1.29 is 4.39 Å². The molecular weight excluding hydrogens is 355 g/mol. The minimum atomic E-state index is -0.339. The molecule has 1 aromatic carbocycles. The summed E-state index contributed by atoms with van der Waals surface area (Å²) in [5.74, 6) is 1.32. The highest BCUT2D eigenvalue weighted by Gasteiger charge is 2.20. The lowest BCUT2D eigenvalue weighted by molar-refractivity contribution is 0.628. The summed E-state index contributed by atoms with van der Waals surface area (Å²) in [4.78, 5) is 14.5. The summed E-state index contributed by atoms with van der Waals surface area (Å²) in [5, 5.41) is 8.78. The lowest BCUT2D eigenvalue weighted by Crippen LogP contribution is -2.16. The molecule has 1 atom stereocenters. The van der Waals surface area contributed by atoms with Crippen LogP contribution in [0.25, 0.3) is 11.4 Å². The van der Waals surface area contributed by atoms with Gasteiger partial charge < -0.3 is 15.2 Å². The number of rotatable bonds is 5. The van der Waals surface area contributed by atoms with Gasteiger partial charge in [-0.3, -0.25) is 0 Å². The Morgan fingerprint density at radius 2 is 1.88 bits per heavy atom. The summed E-state index contributed by atoms with van der Waals surface area (Å²) in [6.45, 7) is 1.94. The standard InChI is InChI=1S/C16H19FN8S/c1-9(12-19-14(18)21-15(20-12)24(2)3)26-16-23-22-13(25(16)4)10-7-5-6-8-11(10)17/h5-9H,1-4H3,(H2,18,19,20,21). The van der Waals surface area contributed by atoms with Gasteiger partial charge >= 0.3 is 0 Å². The summed E-state index contributed by atoms with van der Waals surface area (Å²) in [5.41, 5.74) is 6.19. The molecule has 136 valence electrons. The monoisotopic (exact) mass is 374 g/mol. The molecule has 1 unspecified atom stereocenters. The zero-order valence-corrected chi connectivity index (χ0v) is 15.7. The molecule has 2 N–H and O–H groups in total. The van der Waals surface area contributed by atoms with E-state index in [2.05, 4.69) is 25.1 Å². The van der Waals surface area contributed by atoms with Crippen molar-refractivity contribution in [1.82, 2.24) is 29.7 Å². The molecule has 0 amide bonds. The van der Waals surface area contributed by atoms with Crippen molar-refractivity contribution in [3.8, 4) is 11.4 Å². The number of nitrogens with zero attached hydrogens (tertiary/aromatic N) is 7. The van der Waals surface area contributed by atoms with Crippen LogP contribution in [0.1, 0.15) is 18.0 Å². The van der Waals surface area contributed by atoms with Gasteiger partial charge in [0.15, 0.2) is 11.0 Å². The predicted molar refractivity (Wildman–Crippen MR) is 99.2 cm³/mol. The molecule has 0 spiro atoms. The fourth-order valence-corrected chi connectivity index (χ4v) is 3.14. The number of aromatic nitrogens is 6. The molecule has 26 heavy (non-hydrogen) atoms. The number of halogens is 1. The Labute approximate surface area is 154 Å². The first-order valence-electron chi connectivity index (χ1n) is 7.86. The Bertz CT molecular complexity index is 926. The van der Waals surface area contributed by atoms with Crippen LogP contribution >= 0.6 is 11.8 Å². The van der Waals surface area contributed by atoms with Gasteiger partial charge in [-0.05, 0) is 19.1 Å². The maximum atomic E-state index is 14.0. The number of thioether (sulfide) groups is 1. The van der Waals surface area contributed by atoms with E-state index >= 15 is 0 Å². The Morgan fingerprint density at radius 3 is 2.58 bits per heavy atom. The molecule has 0 aliphatic carbocycles. The van der Waals surface area contributed by atoms with Gasteiger partial charge in [0.05, 0.1) is 10.8 Å². The van der Waals surface area contributed by atoms with Gasteiger partial charge in [-0.1, -0.05) is 23.9 Å². The van der Waals surface area contributed by atoms with Gasteiger partial charge in [-0.25, -0.2) is 4.39 Å². The van der Waals surface area contributed by atoms with E-state index in [9.17, 15) is 4.39 Å². The first-order chi connectivity index (χ1) is 12.4. The molecule has 0 bridgehead atoms. The normalized spacial score (nSPS) is 12.2. The van der Waals surface area contributed by atoms with E-state index in [0.717, 1.165) is 0 Å². The van der Waals surface area contributed by atoms with Crippen molar-refractivity contribution in [2.24, 2.45) is 7.05 Å². The van der Waals surface area contributed by atoms with Crippen LogP contribution in [0, 0.1) is 5.82 Å². The van der Waals surface area contributed by atoms with Crippen LogP contribution in [-0.4, -0.2) is 43.8 Å². The van der Waals surface area contributed by atoms with Crippen LogP contribution in [0.3, 0.4) is 0 Å². The molecule has 2 heterocycles. The van der Waals surface area contributed by atoms with Crippen molar-refractivity contribution in [2.45, 2.75) is 17.3 Å². The molecule has 0 saturated carbocycles. The fourth-order valence-electron chi connectivity index (χ4n) is 2.28. The van der Waals surface area contributed by atoms with Gasteiger partial charge in [0.25, 0.3) is 0 Å². The Morgan fingerprint density at radius 1 is 1.15 bits per heavy atom. The third-order valence-electron chi connectivity index (χ3n) is 3.65. The average Bonchev–Trinajstić information content (AvgIpc) is 2.95. The first kappa shape index (κ1) is 18.1. The van der Waals surface area contributed by atoms with Gasteiger partial charge in [-0.15, -0.1) is 10.2 Å². The van der Waals surface area contributed by atoms with Crippen LogP contribution in [0.4, 0.5) is 16.3 Å². The summed E-state index contributed by atoms with van der Waals surface area (Å²) in [6.07, 6.45) is 0. The fraction of sp³-hybridized carbons (Fsp3) is 0.312. The second kappa shape index (κ2) is 7.24. The Kier molecular flexibility index (Phi) is 5.03. The van der Waals surface area contributed by atoms with Gasteiger partial charge in [0.1, 0.15) is 11.6 Å². The van der Waals surface area contributed by atoms with Crippen molar-refractivity contribution in [3.63, 3.8) is 0 Å². The van der Waals surface area contributed by atoms with Crippen LogP contribution in [0.15, 0.2) is 29.4 Å². The second-order valence-electron chi connectivity index (χ2n) is 5.85. The summed E-state index contributed by atoms with van der Waals surface area (Å²) in [6, 6.07) is 6.47. The third-order valence-corrected chi connectivity index (χ3v) is 4.78. The maximum absolute atomic E-state index is 14.0. The van der Waals surface area contributed by atoms with Crippen molar-refractivity contribution in [3.05, 3.63) is 35.9 Å². The van der Waals surface area contributed by atoms with Gasteiger partial charge in [0, 0.05) is 21.1 Å². The molecule has 0 radical (unpaired) electrons. The number of benzene rings is 1. The first-order valence-corrected chi connectivity index (χ1v) is 8.74. The van der Waals surface area contributed by atoms with Crippen molar-refractivity contribution in [1.29, 1.82) is 0 Å². The molecule has 3 aromatic rings. The molecule has 0 fully saturated rings. The van der Waals surface area contributed by atoms with E-state index in [1.54, 1.807) is 34.7 Å². The highest BCUT2D eigenvalue weighted by molar-refractivity contribution is 7.99. The largest absolute Gasteiger partial charge is 0.368 e. The lowest BCUT2D eigenvalue weighted by Gasteiger charge is -2.14. The number of nitrogen functional groups attached to an aromatic ring is 1. The van der Waals surface area contributed by atoms with E-state index in [1.165, 1.54) is 17.8 Å². The SMILES string of the molecule is CC(Sc1nnc(-c2ccccc2F)n1C)c1nc(N)nc(N(C)C)n1. The molecular formula is C16H19FN8S. The summed E-state index contributed by atoms with van der Waals surface area (Å²) < 4.78 is 15.8. The summed E-state index contributed by atoms with van der Waals surface area (Å²) in [7, 11) is 5.46. The number of hydrogen-bond acceptors (Lipinski definition) is 8. The highest BCUT2D eigenvalue weighted by Crippen LogP contribution is 2.34. The topological polar surface area (TPSA) is 98.6 Å². The molecule has 0 saturated heterocycles. The Balaban J connectivity index is 1.87. The lowest BCUT2D eigenvalue weighted by atomic mass is 10.2. The highest BCUT2D eigenvalue weighted by atomic mass is 32.2. The molecule has 8 nitrogen and oxygen atoms in total. The third kappa shape index (κ3) is 3.59. The quantitative estimate of drug-likeness (QED) is 0.679. The number of anilines is 2. The van der Waals surface area contributed by atoms with E-state index in [-0.39, 0.29) is 17.0 Å². The van der Waals surface area contributed by atoms with Crippen LogP contribution in [0.2, 0.25) is 0 Å². The van der Waals surface area contributed by atoms with E-state index in [1.807, 2.05) is 21.0 Å². The predicted octanol–water partition coefficient (Wildman–Crippen LogP) is 2.31. The zero-order chi connectivity index (χ0) is 18.8. The molecule has 0 aliphatic heterocycles. The van der Waals surface area contributed by atoms with Crippen LogP contribution in [-0.2, 0) is 7.05 Å². The van der Waals surface area contributed by atoms with E-state index in [4.69, 9.17) is 5.73 Å². The average molecular weight is 374 g/mol. The second-order valence-corrected chi connectivity index (χ2v) is 7.16. The molecule has 3 rings (SSSR count).